The molecule has 0 aromatic heterocycles. The highest BCUT2D eigenvalue weighted by atomic mass is 16.5. The molecule has 1 aromatic rings. The molecule has 1 saturated heterocycles. The summed E-state index contributed by atoms with van der Waals surface area (Å²) in [5.41, 5.74) is 0.760. The number of nitrogens with zero attached hydrogens (tertiary/aromatic N) is 1. The van der Waals surface area contributed by atoms with E-state index in [4.69, 9.17) is 10.00 Å². The van der Waals surface area contributed by atoms with Crippen molar-refractivity contribution in [3.8, 4) is 6.07 Å². The van der Waals surface area contributed by atoms with Gasteiger partial charge in [0.05, 0.1) is 6.07 Å². The molecule has 2 amide bonds. The van der Waals surface area contributed by atoms with Gasteiger partial charge in [-0.3, -0.25) is 19.7 Å². The maximum atomic E-state index is 12.1. The molecule has 1 fully saturated rings. The van der Waals surface area contributed by atoms with Crippen molar-refractivity contribution < 1.29 is 23.9 Å². The summed E-state index contributed by atoms with van der Waals surface area (Å²) in [7, 11) is 0. The van der Waals surface area contributed by atoms with Crippen molar-refractivity contribution in [2.75, 3.05) is 6.54 Å². The lowest BCUT2D eigenvalue weighted by Gasteiger charge is -2.21. The van der Waals surface area contributed by atoms with E-state index in [9.17, 15) is 19.2 Å². The molecule has 8 heteroatoms. The van der Waals surface area contributed by atoms with Gasteiger partial charge in [-0.2, -0.15) is 5.26 Å². The highest BCUT2D eigenvalue weighted by Gasteiger charge is 2.33. The predicted molar refractivity (Wildman–Crippen MR) is 84.9 cm³/mol. The average Bonchev–Trinajstić information content (AvgIpc) is 2.62. The van der Waals surface area contributed by atoms with Gasteiger partial charge in [0.15, 0.2) is 11.8 Å². The number of hydrogen-bond acceptors (Lipinski definition) is 6. The fourth-order valence-electron chi connectivity index (χ4n) is 2.39. The number of benzene rings is 1. The van der Waals surface area contributed by atoms with Crippen LogP contribution >= 0.6 is 0 Å². The molecule has 1 aliphatic rings. The minimum absolute atomic E-state index is 0.000292. The van der Waals surface area contributed by atoms with E-state index in [-0.39, 0.29) is 13.0 Å². The SMILES string of the molecule is N#CC(NC(=O)OCc1ccccc1)C(=O)CC1CCNC(=O)C1=O. The van der Waals surface area contributed by atoms with E-state index in [0.717, 1.165) is 5.56 Å². The number of nitrogens with one attached hydrogen (secondary N) is 2. The van der Waals surface area contributed by atoms with Crippen LogP contribution in [0.2, 0.25) is 0 Å². The van der Waals surface area contributed by atoms with E-state index in [1.54, 1.807) is 30.3 Å². The zero-order valence-electron chi connectivity index (χ0n) is 13.4. The molecule has 1 aliphatic heterocycles. The van der Waals surface area contributed by atoms with Crippen molar-refractivity contribution in [1.29, 1.82) is 5.26 Å². The molecule has 2 atom stereocenters. The molecule has 0 radical (unpaired) electrons. The van der Waals surface area contributed by atoms with Gasteiger partial charge in [0.1, 0.15) is 6.61 Å². The minimum Gasteiger partial charge on any atom is -0.445 e. The second kappa shape index (κ2) is 8.59. The summed E-state index contributed by atoms with van der Waals surface area (Å²) in [4.78, 5) is 46.8. The first-order valence-electron chi connectivity index (χ1n) is 7.73. The fourth-order valence-corrected chi connectivity index (χ4v) is 2.39. The normalized spacial score (nSPS) is 17.8. The Kier molecular flexibility index (Phi) is 6.23. The third kappa shape index (κ3) is 5.14. The number of piperidine rings is 1. The lowest BCUT2D eigenvalue weighted by atomic mass is 9.89. The number of rotatable bonds is 6. The molecular formula is C17H17N3O5. The van der Waals surface area contributed by atoms with Crippen molar-refractivity contribution in [2.45, 2.75) is 25.5 Å². The van der Waals surface area contributed by atoms with Crippen LogP contribution in [0, 0.1) is 17.2 Å². The molecule has 1 aromatic carbocycles. The lowest BCUT2D eigenvalue weighted by molar-refractivity contribution is -0.143. The quantitative estimate of drug-likeness (QED) is 0.723. The Morgan fingerprint density at radius 2 is 2.04 bits per heavy atom. The summed E-state index contributed by atoms with van der Waals surface area (Å²) in [6.45, 7) is 0.298. The van der Waals surface area contributed by atoms with Crippen LogP contribution in [0.25, 0.3) is 0 Å². The Morgan fingerprint density at radius 3 is 2.72 bits per heavy atom. The first-order valence-corrected chi connectivity index (χ1v) is 7.73. The Labute approximate surface area is 144 Å². The summed E-state index contributed by atoms with van der Waals surface area (Å²) in [6.07, 6.45) is -0.854. The number of Topliss-reactive ketones (excluding diaryl/α,β-unsaturated/α-hetero) is 2. The first-order chi connectivity index (χ1) is 12.0. The Morgan fingerprint density at radius 1 is 1.32 bits per heavy atom. The van der Waals surface area contributed by atoms with Gasteiger partial charge in [0.2, 0.25) is 5.78 Å². The van der Waals surface area contributed by atoms with Gasteiger partial charge in [-0.15, -0.1) is 0 Å². The molecular weight excluding hydrogens is 326 g/mol. The number of alkyl carbamates (subject to hydrolysis) is 1. The van der Waals surface area contributed by atoms with Crippen molar-refractivity contribution >= 4 is 23.6 Å². The van der Waals surface area contributed by atoms with Crippen LogP contribution in [0.1, 0.15) is 18.4 Å². The number of carbonyl (C=O) groups is 4. The number of ether oxygens (including phenoxy) is 1. The Bertz CT molecular complexity index is 711. The van der Waals surface area contributed by atoms with Crippen LogP contribution in [0.4, 0.5) is 4.79 Å². The summed E-state index contributed by atoms with van der Waals surface area (Å²) in [5.74, 6) is -2.80. The lowest BCUT2D eigenvalue weighted by Crippen LogP contribution is -2.46. The number of ketones is 2. The standard InChI is InChI=1S/C17H17N3O5/c18-9-13(14(21)8-12-6-7-19-16(23)15(12)22)20-17(24)25-10-11-4-2-1-3-5-11/h1-5,12-13H,6-8,10H2,(H,19,23)(H,20,24). The van der Waals surface area contributed by atoms with Crippen LogP contribution in [0.5, 0.6) is 0 Å². The van der Waals surface area contributed by atoms with Crippen LogP contribution in [-0.2, 0) is 25.7 Å². The van der Waals surface area contributed by atoms with Crippen LogP contribution in [-0.4, -0.2) is 36.2 Å². The van der Waals surface area contributed by atoms with Crippen LogP contribution in [0.15, 0.2) is 30.3 Å². The molecule has 0 saturated carbocycles. The number of amides is 2. The molecule has 130 valence electrons. The second-order valence-electron chi connectivity index (χ2n) is 5.54. The summed E-state index contributed by atoms with van der Waals surface area (Å²) >= 11 is 0. The van der Waals surface area contributed by atoms with Crippen molar-refractivity contribution in [2.24, 2.45) is 5.92 Å². The fraction of sp³-hybridized carbons (Fsp3) is 0.353. The first kappa shape index (κ1) is 18.1. The van der Waals surface area contributed by atoms with Gasteiger partial charge in [0.25, 0.3) is 5.91 Å². The van der Waals surface area contributed by atoms with Gasteiger partial charge in [-0.25, -0.2) is 4.79 Å². The average molecular weight is 343 g/mol. The van der Waals surface area contributed by atoms with Crippen molar-refractivity contribution in [3.05, 3.63) is 35.9 Å². The molecule has 1 heterocycles. The van der Waals surface area contributed by atoms with Gasteiger partial charge in [-0.1, -0.05) is 30.3 Å². The van der Waals surface area contributed by atoms with E-state index in [1.807, 2.05) is 6.07 Å². The number of nitriles is 1. The monoisotopic (exact) mass is 343 g/mol. The zero-order valence-corrected chi connectivity index (χ0v) is 13.4. The molecule has 2 N–H and O–H groups in total. The maximum absolute atomic E-state index is 12.1. The second-order valence-corrected chi connectivity index (χ2v) is 5.54. The molecule has 0 spiro atoms. The molecule has 0 aliphatic carbocycles. The maximum Gasteiger partial charge on any atom is 0.408 e. The van der Waals surface area contributed by atoms with Crippen LogP contribution < -0.4 is 10.6 Å². The van der Waals surface area contributed by atoms with E-state index >= 15 is 0 Å². The largest absolute Gasteiger partial charge is 0.445 e. The van der Waals surface area contributed by atoms with Crippen molar-refractivity contribution in [1.82, 2.24) is 10.6 Å². The van der Waals surface area contributed by atoms with Gasteiger partial charge in [0, 0.05) is 18.9 Å². The van der Waals surface area contributed by atoms with E-state index in [2.05, 4.69) is 10.6 Å². The zero-order chi connectivity index (χ0) is 18.2. The number of carbonyl (C=O) groups excluding carboxylic acids is 4. The highest BCUT2D eigenvalue weighted by molar-refractivity contribution is 6.37. The van der Waals surface area contributed by atoms with E-state index in [0.29, 0.717) is 13.0 Å². The summed E-state index contributed by atoms with van der Waals surface area (Å²) in [5, 5.41) is 13.6. The molecule has 25 heavy (non-hydrogen) atoms. The highest BCUT2D eigenvalue weighted by Crippen LogP contribution is 2.15. The van der Waals surface area contributed by atoms with Crippen molar-refractivity contribution in [3.63, 3.8) is 0 Å². The smallest absolute Gasteiger partial charge is 0.408 e. The third-order valence-electron chi connectivity index (χ3n) is 3.75. The molecule has 2 rings (SSSR count). The minimum atomic E-state index is -1.43. The van der Waals surface area contributed by atoms with Gasteiger partial charge >= 0.3 is 6.09 Å². The molecule has 8 nitrogen and oxygen atoms in total. The number of hydrogen-bond donors (Lipinski definition) is 2. The Balaban J connectivity index is 1.85. The topological polar surface area (TPSA) is 125 Å². The van der Waals surface area contributed by atoms with Gasteiger partial charge in [-0.05, 0) is 12.0 Å². The van der Waals surface area contributed by atoms with Gasteiger partial charge < -0.3 is 10.1 Å². The molecule has 2 unspecified atom stereocenters. The molecule has 0 bridgehead atoms. The Hall–Kier alpha value is -3.21. The third-order valence-corrected chi connectivity index (χ3v) is 3.75. The van der Waals surface area contributed by atoms with E-state index < -0.39 is 35.5 Å². The summed E-state index contributed by atoms with van der Waals surface area (Å²) in [6, 6.07) is 9.17. The van der Waals surface area contributed by atoms with Crippen LogP contribution in [0.3, 0.4) is 0 Å². The summed E-state index contributed by atoms with van der Waals surface area (Å²) < 4.78 is 4.95. The predicted octanol–water partition coefficient (Wildman–Crippen LogP) is 0.469. The van der Waals surface area contributed by atoms with E-state index in [1.165, 1.54) is 0 Å².